The van der Waals surface area contributed by atoms with E-state index in [0.717, 1.165) is 11.8 Å². The lowest BCUT2D eigenvalue weighted by molar-refractivity contribution is -0.0132. The lowest BCUT2D eigenvalue weighted by Crippen LogP contribution is -2.26. The molecule has 2 saturated carbocycles. The first-order valence-corrected chi connectivity index (χ1v) is 6.59. The van der Waals surface area contributed by atoms with Crippen molar-refractivity contribution in [3.63, 3.8) is 0 Å². The molecule has 0 N–H and O–H groups in total. The van der Waals surface area contributed by atoms with Gasteiger partial charge in [0.1, 0.15) is 0 Å². The quantitative estimate of drug-likeness (QED) is 0.620. The summed E-state index contributed by atoms with van der Waals surface area (Å²) in [6, 6.07) is 0. The van der Waals surface area contributed by atoms with Gasteiger partial charge in [0.2, 0.25) is 0 Å². The second kappa shape index (κ2) is 3.84. The zero-order chi connectivity index (χ0) is 9.38. The summed E-state index contributed by atoms with van der Waals surface area (Å²) in [6.45, 7) is 0. The van der Waals surface area contributed by atoms with Crippen molar-refractivity contribution in [3.8, 4) is 0 Å². The standard InChI is InChI=1S/C13H22O/c1-2-5-10(6-3-1)12-8-4-7-11-9-13(11)14-12/h10-13H,1-9H2/t11-,12+,13+/m0/s1. The van der Waals surface area contributed by atoms with Gasteiger partial charge in [0.25, 0.3) is 0 Å². The fourth-order valence-corrected chi connectivity index (χ4v) is 3.42. The molecule has 3 fully saturated rings. The molecule has 0 amide bonds. The number of hydrogen-bond donors (Lipinski definition) is 0. The average molecular weight is 194 g/mol. The molecular formula is C13H22O. The van der Waals surface area contributed by atoms with Crippen LogP contribution in [0.5, 0.6) is 0 Å². The molecule has 1 saturated heterocycles. The minimum Gasteiger partial charge on any atom is -0.374 e. The molecule has 0 aromatic rings. The highest BCUT2D eigenvalue weighted by Crippen LogP contribution is 2.44. The van der Waals surface area contributed by atoms with Crippen LogP contribution in [-0.4, -0.2) is 12.2 Å². The van der Waals surface area contributed by atoms with E-state index in [2.05, 4.69) is 0 Å². The van der Waals surface area contributed by atoms with Crippen LogP contribution >= 0.6 is 0 Å². The predicted molar refractivity (Wildman–Crippen MR) is 57.2 cm³/mol. The summed E-state index contributed by atoms with van der Waals surface area (Å²) in [5.41, 5.74) is 0. The molecule has 3 atom stereocenters. The molecule has 0 spiro atoms. The summed E-state index contributed by atoms with van der Waals surface area (Å²) < 4.78 is 6.22. The van der Waals surface area contributed by atoms with Gasteiger partial charge in [-0.15, -0.1) is 0 Å². The van der Waals surface area contributed by atoms with Crippen LogP contribution in [0.25, 0.3) is 0 Å². The Morgan fingerprint density at radius 1 is 0.643 bits per heavy atom. The second-order valence-electron chi connectivity index (χ2n) is 5.54. The first-order chi connectivity index (χ1) is 6.93. The van der Waals surface area contributed by atoms with Crippen LogP contribution in [0.1, 0.15) is 57.8 Å². The maximum absolute atomic E-state index is 6.22. The molecule has 3 aliphatic rings. The molecule has 0 unspecified atom stereocenters. The average Bonchev–Trinajstić information content (AvgIpc) is 2.95. The molecule has 1 nitrogen and oxygen atoms in total. The van der Waals surface area contributed by atoms with Crippen molar-refractivity contribution >= 4 is 0 Å². The summed E-state index contributed by atoms with van der Waals surface area (Å²) in [5.74, 6) is 1.88. The van der Waals surface area contributed by atoms with E-state index < -0.39 is 0 Å². The molecule has 0 aromatic carbocycles. The molecule has 3 rings (SSSR count). The summed E-state index contributed by atoms with van der Waals surface area (Å²) in [6.07, 6.45) is 14.2. The highest BCUT2D eigenvalue weighted by Gasteiger charge is 2.42. The van der Waals surface area contributed by atoms with Crippen LogP contribution in [0, 0.1) is 11.8 Å². The zero-order valence-electron chi connectivity index (χ0n) is 9.08. The van der Waals surface area contributed by atoms with E-state index in [1.54, 1.807) is 0 Å². The van der Waals surface area contributed by atoms with Crippen molar-refractivity contribution in [3.05, 3.63) is 0 Å². The molecular weight excluding hydrogens is 172 g/mol. The monoisotopic (exact) mass is 194 g/mol. The van der Waals surface area contributed by atoms with Crippen LogP contribution in [0.2, 0.25) is 0 Å². The normalized spacial score (nSPS) is 44.1. The van der Waals surface area contributed by atoms with E-state index in [0.29, 0.717) is 12.2 Å². The smallest absolute Gasteiger partial charge is 0.0611 e. The lowest BCUT2D eigenvalue weighted by Gasteiger charge is -2.29. The Labute approximate surface area is 87.2 Å². The van der Waals surface area contributed by atoms with Crippen molar-refractivity contribution in [1.82, 2.24) is 0 Å². The lowest BCUT2D eigenvalue weighted by atomic mass is 9.83. The van der Waals surface area contributed by atoms with Gasteiger partial charge in [-0.05, 0) is 43.9 Å². The molecule has 0 aromatic heterocycles. The van der Waals surface area contributed by atoms with Gasteiger partial charge in [0.15, 0.2) is 0 Å². The Balaban J connectivity index is 1.59. The SMILES string of the molecule is C1CCC([C@H]2CCC[C@H]3C[C@H]3O2)CC1. The molecule has 0 radical (unpaired) electrons. The fourth-order valence-electron chi connectivity index (χ4n) is 3.42. The first-order valence-electron chi connectivity index (χ1n) is 6.59. The third-order valence-electron chi connectivity index (χ3n) is 4.45. The molecule has 1 aliphatic heterocycles. The minimum absolute atomic E-state index is 0.646. The number of hydrogen-bond acceptors (Lipinski definition) is 1. The van der Waals surface area contributed by atoms with Gasteiger partial charge in [0.05, 0.1) is 12.2 Å². The highest BCUT2D eigenvalue weighted by molar-refractivity contribution is 4.92. The van der Waals surface area contributed by atoms with Crippen LogP contribution in [-0.2, 0) is 4.74 Å². The van der Waals surface area contributed by atoms with Crippen molar-refractivity contribution in [2.24, 2.45) is 11.8 Å². The minimum atomic E-state index is 0.646. The number of ether oxygens (including phenoxy) is 1. The molecule has 2 aliphatic carbocycles. The highest BCUT2D eigenvalue weighted by atomic mass is 16.5. The molecule has 14 heavy (non-hydrogen) atoms. The van der Waals surface area contributed by atoms with Gasteiger partial charge in [-0.3, -0.25) is 0 Å². The van der Waals surface area contributed by atoms with Gasteiger partial charge in [-0.25, -0.2) is 0 Å². The summed E-state index contributed by atoms with van der Waals surface area (Å²) in [4.78, 5) is 0. The third-order valence-corrected chi connectivity index (χ3v) is 4.45. The van der Waals surface area contributed by atoms with Gasteiger partial charge >= 0.3 is 0 Å². The van der Waals surface area contributed by atoms with Crippen LogP contribution in [0.3, 0.4) is 0 Å². The van der Waals surface area contributed by atoms with Crippen LogP contribution < -0.4 is 0 Å². The Bertz CT molecular complexity index is 195. The Kier molecular flexibility index (Phi) is 2.53. The van der Waals surface area contributed by atoms with Crippen molar-refractivity contribution < 1.29 is 4.74 Å². The van der Waals surface area contributed by atoms with E-state index in [-0.39, 0.29) is 0 Å². The summed E-state index contributed by atoms with van der Waals surface area (Å²) in [5, 5.41) is 0. The van der Waals surface area contributed by atoms with Crippen molar-refractivity contribution in [1.29, 1.82) is 0 Å². The summed E-state index contributed by atoms with van der Waals surface area (Å²) in [7, 11) is 0. The maximum Gasteiger partial charge on any atom is 0.0611 e. The Hall–Kier alpha value is -0.0400. The van der Waals surface area contributed by atoms with Gasteiger partial charge < -0.3 is 4.74 Å². The maximum atomic E-state index is 6.22. The molecule has 80 valence electrons. The van der Waals surface area contributed by atoms with Crippen molar-refractivity contribution in [2.75, 3.05) is 0 Å². The van der Waals surface area contributed by atoms with Crippen LogP contribution in [0.4, 0.5) is 0 Å². The molecule has 1 heteroatoms. The topological polar surface area (TPSA) is 9.23 Å². The predicted octanol–water partition coefficient (Wildman–Crippen LogP) is 3.52. The van der Waals surface area contributed by atoms with E-state index in [9.17, 15) is 0 Å². The Morgan fingerprint density at radius 3 is 2.29 bits per heavy atom. The van der Waals surface area contributed by atoms with E-state index >= 15 is 0 Å². The number of fused-ring (bicyclic) bond motifs is 1. The van der Waals surface area contributed by atoms with Gasteiger partial charge in [-0.1, -0.05) is 25.7 Å². The zero-order valence-corrected chi connectivity index (χ0v) is 9.08. The molecule has 0 bridgehead atoms. The van der Waals surface area contributed by atoms with Crippen LogP contribution in [0.15, 0.2) is 0 Å². The van der Waals surface area contributed by atoms with E-state index in [1.165, 1.54) is 57.8 Å². The van der Waals surface area contributed by atoms with E-state index in [1.807, 2.05) is 0 Å². The van der Waals surface area contributed by atoms with Crippen molar-refractivity contribution in [2.45, 2.75) is 70.0 Å². The Morgan fingerprint density at radius 2 is 1.43 bits per heavy atom. The number of rotatable bonds is 1. The van der Waals surface area contributed by atoms with Gasteiger partial charge in [0, 0.05) is 0 Å². The third kappa shape index (κ3) is 1.84. The van der Waals surface area contributed by atoms with Gasteiger partial charge in [-0.2, -0.15) is 0 Å². The summed E-state index contributed by atoms with van der Waals surface area (Å²) >= 11 is 0. The first kappa shape index (κ1) is 9.21. The molecule has 1 heterocycles. The largest absolute Gasteiger partial charge is 0.374 e. The second-order valence-corrected chi connectivity index (χ2v) is 5.54. The fraction of sp³-hybridized carbons (Fsp3) is 1.00. The van der Waals surface area contributed by atoms with E-state index in [4.69, 9.17) is 4.74 Å².